The first-order chi connectivity index (χ1) is 10.8. The van der Waals surface area contributed by atoms with Crippen LogP contribution in [-0.4, -0.2) is 35.9 Å². The van der Waals surface area contributed by atoms with Gasteiger partial charge in [-0.3, -0.25) is 19.7 Å². The molecule has 0 aliphatic rings. The smallest absolute Gasteiger partial charge is 0.321 e. The highest BCUT2D eigenvalue weighted by molar-refractivity contribution is 6.26. The Morgan fingerprint density at radius 3 is 2.52 bits per heavy atom. The van der Waals surface area contributed by atoms with Crippen molar-refractivity contribution in [2.75, 3.05) is 18.3 Å². The van der Waals surface area contributed by atoms with Crippen molar-refractivity contribution in [2.45, 2.75) is 20.0 Å². The van der Waals surface area contributed by atoms with Gasteiger partial charge in [0.05, 0.1) is 18.1 Å². The highest BCUT2D eigenvalue weighted by Gasteiger charge is 2.28. The zero-order chi connectivity index (χ0) is 17.6. The van der Waals surface area contributed by atoms with Gasteiger partial charge in [0.15, 0.2) is 6.10 Å². The molecule has 0 aromatic heterocycles. The number of nitrogens with one attached hydrogen (secondary N) is 1. The average Bonchev–Trinajstić information content (AvgIpc) is 2.51. The molecule has 0 radical (unpaired) electrons. The normalized spacial score (nSPS) is 11.7. The van der Waals surface area contributed by atoms with E-state index in [1.165, 1.54) is 25.3 Å². The molecule has 0 bridgehead atoms. The lowest BCUT2D eigenvalue weighted by Crippen LogP contribution is -2.37. The standard InChI is InChI=1S/C14H17ClN2O6/c1-8(2)13(23-12(18)7-15)14(19)16-10-5-4-9(22-3)6-11(10)17(20)21/h4-6,8,13H,7H2,1-3H3,(H,16,19)/t13-/m0/s1. The van der Waals surface area contributed by atoms with Crippen LogP contribution in [0, 0.1) is 16.0 Å². The number of benzene rings is 1. The molecule has 0 saturated carbocycles. The predicted molar refractivity (Wildman–Crippen MR) is 83.7 cm³/mol. The molecule has 0 aliphatic heterocycles. The van der Waals surface area contributed by atoms with Gasteiger partial charge in [0.1, 0.15) is 17.3 Å². The Hall–Kier alpha value is -2.35. The van der Waals surface area contributed by atoms with Crippen molar-refractivity contribution < 1.29 is 24.0 Å². The number of alkyl halides is 1. The molecule has 1 atom stereocenters. The van der Waals surface area contributed by atoms with Crippen molar-refractivity contribution in [1.29, 1.82) is 0 Å². The fourth-order valence-corrected chi connectivity index (χ4v) is 1.83. The van der Waals surface area contributed by atoms with Crippen LogP contribution < -0.4 is 10.1 Å². The Bertz CT molecular complexity index is 605. The molecule has 23 heavy (non-hydrogen) atoms. The average molecular weight is 345 g/mol. The Morgan fingerprint density at radius 2 is 2.04 bits per heavy atom. The summed E-state index contributed by atoms with van der Waals surface area (Å²) < 4.78 is 9.88. The maximum absolute atomic E-state index is 12.2. The summed E-state index contributed by atoms with van der Waals surface area (Å²) in [4.78, 5) is 34.0. The molecule has 1 amide bonds. The first-order valence-electron chi connectivity index (χ1n) is 6.68. The quantitative estimate of drug-likeness (QED) is 0.352. The number of methoxy groups -OCH3 is 1. The van der Waals surface area contributed by atoms with E-state index >= 15 is 0 Å². The van der Waals surface area contributed by atoms with Crippen LogP contribution in [0.25, 0.3) is 0 Å². The van der Waals surface area contributed by atoms with Gasteiger partial charge < -0.3 is 14.8 Å². The molecule has 1 N–H and O–H groups in total. The van der Waals surface area contributed by atoms with Crippen molar-refractivity contribution in [3.63, 3.8) is 0 Å². The molecule has 1 aromatic rings. The van der Waals surface area contributed by atoms with Crippen LogP contribution in [0.3, 0.4) is 0 Å². The Morgan fingerprint density at radius 1 is 1.39 bits per heavy atom. The minimum Gasteiger partial charge on any atom is -0.496 e. The highest BCUT2D eigenvalue weighted by Crippen LogP contribution is 2.29. The molecule has 1 rings (SSSR count). The zero-order valence-corrected chi connectivity index (χ0v) is 13.6. The summed E-state index contributed by atoms with van der Waals surface area (Å²) in [6, 6.07) is 4.00. The SMILES string of the molecule is COc1ccc(NC(=O)[C@@H](OC(=O)CCl)C(C)C)c([N+](=O)[O-])c1. The summed E-state index contributed by atoms with van der Waals surface area (Å²) in [6.07, 6.45) is -1.11. The van der Waals surface area contributed by atoms with Crippen LogP contribution in [0.15, 0.2) is 18.2 Å². The summed E-state index contributed by atoms with van der Waals surface area (Å²) in [5.74, 6) is -1.86. The van der Waals surface area contributed by atoms with Crippen LogP contribution in [0.2, 0.25) is 0 Å². The third kappa shape index (κ3) is 5.10. The van der Waals surface area contributed by atoms with E-state index in [-0.39, 0.29) is 28.9 Å². The van der Waals surface area contributed by atoms with Gasteiger partial charge in [0.25, 0.3) is 11.6 Å². The second kappa shape index (κ2) is 8.33. The predicted octanol–water partition coefficient (Wildman–Crippen LogP) is 2.35. The molecule has 1 aromatic carbocycles. The first kappa shape index (κ1) is 18.7. The molecule has 8 nitrogen and oxygen atoms in total. The number of ether oxygens (including phenoxy) is 2. The van der Waals surface area contributed by atoms with Gasteiger partial charge in [0, 0.05) is 0 Å². The van der Waals surface area contributed by atoms with Crippen LogP contribution in [0.1, 0.15) is 13.8 Å². The second-order valence-corrected chi connectivity index (χ2v) is 5.18. The summed E-state index contributed by atoms with van der Waals surface area (Å²) in [5.41, 5.74) is -0.350. The topological polar surface area (TPSA) is 108 Å². The molecule has 0 unspecified atom stereocenters. The molecular weight excluding hydrogens is 328 g/mol. The minimum absolute atomic E-state index is 0.0200. The number of nitrogens with zero attached hydrogens (tertiary/aromatic N) is 1. The number of esters is 1. The summed E-state index contributed by atoms with van der Waals surface area (Å²) in [6.45, 7) is 3.35. The van der Waals surface area contributed by atoms with Gasteiger partial charge in [0.2, 0.25) is 0 Å². The number of halogens is 1. The van der Waals surface area contributed by atoms with Gasteiger partial charge in [-0.1, -0.05) is 13.8 Å². The fourth-order valence-electron chi connectivity index (χ4n) is 1.76. The van der Waals surface area contributed by atoms with E-state index in [2.05, 4.69) is 5.32 Å². The van der Waals surface area contributed by atoms with Gasteiger partial charge >= 0.3 is 5.97 Å². The van der Waals surface area contributed by atoms with Crippen molar-refractivity contribution >= 4 is 34.9 Å². The Labute approximate surface area is 137 Å². The van der Waals surface area contributed by atoms with Crippen LogP contribution in [0.5, 0.6) is 5.75 Å². The van der Waals surface area contributed by atoms with Crippen LogP contribution in [-0.2, 0) is 14.3 Å². The van der Waals surface area contributed by atoms with Gasteiger partial charge in [-0.25, -0.2) is 0 Å². The zero-order valence-electron chi connectivity index (χ0n) is 12.9. The Balaban J connectivity index is 3.02. The van der Waals surface area contributed by atoms with E-state index < -0.39 is 22.9 Å². The summed E-state index contributed by atoms with van der Waals surface area (Å²) >= 11 is 5.36. The molecule has 0 saturated heterocycles. The second-order valence-electron chi connectivity index (χ2n) is 4.92. The lowest BCUT2D eigenvalue weighted by atomic mass is 10.1. The lowest BCUT2D eigenvalue weighted by Gasteiger charge is -2.20. The molecule has 0 spiro atoms. The lowest BCUT2D eigenvalue weighted by molar-refractivity contribution is -0.384. The maximum atomic E-state index is 12.2. The largest absolute Gasteiger partial charge is 0.496 e. The third-order valence-electron chi connectivity index (χ3n) is 2.89. The van der Waals surface area contributed by atoms with E-state index in [1.54, 1.807) is 13.8 Å². The van der Waals surface area contributed by atoms with Gasteiger partial charge in [-0.2, -0.15) is 0 Å². The number of amides is 1. The molecular formula is C14H17ClN2O6. The maximum Gasteiger partial charge on any atom is 0.321 e. The van der Waals surface area contributed by atoms with Crippen molar-refractivity contribution in [1.82, 2.24) is 0 Å². The number of anilines is 1. The van der Waals surface area contributed by atoms with Crippen molar-refractivity contribution in [3.8, 4) is 5.75 Å². The minimum atomic E-state index is -1.11. The van der Waals surface area contributed by atoms with E-state index in [9.17, 15) is 19.7 Å². The summed E-state index contributed by atoms with van der Waals surface area (Å²) in [7, 11) is 1.37. The Kier molecular flexibility index (Phi) is 6.77. The monoisotopic (exact) mass is 344 g/mol. The van der Waals surface area contributed by atoms with E-state index in [0.717, 1.165) is 0 Å². The number of carbonyl (C=O) groups is 2. The number of rotatable bonds is 7. The number of nitro benzene ring substituents is 1. The molecule has 0 aliphatic carbocycles. The number of carbonyl (C=O) groups excluding carboxylic acids is 2. The third-order valence-corrected chi connectivity index (χ3v) is 3.11. The van der Waals surface area contributed by atoms with Crippen molar-refractivity contribution in [2.24, 2.45) is 5.92 Å². The molecule has 0 fully saturated rings. The number of hydrogen-bond donors (Lipinski definition) is 1. The van der Waals surface area contributed by atoms with E-state index in [0.29, 0.717) is 0 Å². The van der Waals surface area contributed by atoms with Crippen molar-refractivity contribution in [3.05, 3.63) is 28.3 Å². The molecule has 9 heteroatoms. The fraction of sp³-hybridized carbons (Fsp3) is 0.429. The van der Waals surface area contributed by atoms with Crippen LogP contribution in [0.4, 0.5) is 11.4 Å². The summed E-state index contributed by atoms with van der Waals surface area (Å²) in [5, 5.41) is 13.5. The number of hydrogen-bond acceptors (Lipinski definition) is 6. The first-order valence-corrected chi connectivity index (χ1v) is 7.22. The molecule has 0 heterocycles. The van der Waals surface area contributed by atoms with Crippen LogP contribution >= 0.6 is 11.6 Å². The molecule has 126 valence electrons. The highest BCUT2D eigenvalue weighted by atomic mass is 35.5. The van der Waals surface area contributed by atoms with E-state index in [4.69, 9.17) is 21.1 Å². The van der Waals surface area contributed by atoms with Gasteiger partial charge in [-0.05, 0) is 18.1 Å². The number of nitro groups is 1. The van der Waals surface area contributed by atoms with Gasteiger partial charge in [-0.15, -0.1) is 11.6 Å². The van der Waals surface area contributed by atoms with E-state index in [1.807, 2.05) is 0 Å².